The van der Waals surface area contributed by atoms with Crippen LogP contribution in [0.3, 0.4) is 0 Å². The molecule has 2 aromatic heterocycles. The van der Waals surface area contributed by atoms with Crippen LogP contribution in [0.5, 0.6) is 0 Å². The highest BCUT2D eigenvalue weighted by molar-refractivity contribution is 5.39. The molecule has 0 aliphatic carbocycles. The maximum absolute atomic E-state index is 9.65. The fourth-order valence-corrected chi connectivity index (χ4v) is 1.95. The van der Waals surface area contributed by atoms with Crippen molar-refractivity contribution in [2.24, 2.45) is 0 Å². The standard InChI is InChI=1S/C13H21N7O/c1-4-13(5-2,9-21)19-11-16-10(14-3)17-12(18-11)20-8-6-7-15-20/h6-8,21H,4-5,9H2,1-3H3,(H2,14,16,17,18,19). The van der Waals surface area contributed by atoms with E-state index >= 15 is 0 Å². The molecule has 0 saturated carbocycles. The number of hydrogen-bond donors (Lipinski definition) is 3. The first-order chi connectivity index (χ1) is 10.2. The Morgan fingerprint density at radius 1 is 1.19 bits per heavy atom. The van der Waals surface area contributed by atoms with Gasteiger partial charge < -0.3 is 15.7 Å². The average Bonchev–Trinajstić information content (AvgIpc) is 3.07. The third-order valence-corrected chi connectivity index (χ3v) is 3.59. The quantitative estimate of drug-likeness (QED) is 0.701. The Kier molecular flexibility index (Phi) is 4.69. The molecule has 3 N–H and O–H groups in total. The van der Waals surface area contributed by atoms with E-state index in [2.05, 4.69) is 30.7 Å². The molecule has 0 aliphatic rings. The summed E-state index contributed by atoms with van der Waals surface area (Å²) < 4.78 is 1.56. The summed E-state index contributed by atoms with van der Waals surface area (Å²) >= 11 is 0. The molecule has 0 aromatic carbocycles. The second-order valence-electron chi connectivity index (χ2n) is 4.75. The molecular formula is C13H21N7O. The van der Waals surface area contributed by atoms with Crippen LogP contribution >= 0.6 is 0 Å². The van der Waals surface area contributed by atoms with Crippen LogP contribution < -0.4 is 10.6 Å². The molecule has 8 nitrogen and oxygen atoms in total. The molecule has 2 heterocycles. The van der Waals surface area contributed by atoms with Gasteiger partial charge >= 0.3 is 0 Å². The van der Waals surface area contributed by atoms with Crippen molar-refractivity contribution >= 4 is 11.9 Å². The van der Waals surface area contributed by atoms with Crippen LogP contribution in [0, 0.1) is 0 Å². The molecule has 0 unspecified atom stereocenters. The molecule has 0 atom stereocenters. The Labute approximate surface area is 123 Å². The van der Waals surface area contributed by atoms with E-state index in [-0.39, 0.29) is 6.61 Å². The largest absolute Gasteiger partial charge is 0.394 e. The zero-order chi connectivity index (χ0) is 15.3. The Bertz CT molecular complexity index is 558. The summed E-state index contributed by atoms with van der Waals surface area (Å²) in [5.41, 5.74) is -0.437. The molecule has 0 fully saturated rings. The smallest absolute Gasteiger partial charge is 0.257 e. The molecule has 21 heavy (non-hydrogen) atoms. The number of anilines is 2. The number of aliphatic hydroxyl groups is 1. The number of nitrogens with one attached hydrogen (secondary N) is 2. The van der Waals surface area contributed by atoms with E-state index in [1.807, 2.05) is 13.8 Å². The molecule has 0 aliphatic heterocycles. The molecule has 114 valence electrons. The van der Waals surface area contributed by atoms with Crippen LogP contribution in [0.4, 0.5) is 11.9 Å². The zero-order valence-corrected chi connectivity index (χ0v) is 12.5. The summed E-state index contributed by atoms with van der Waals surface area (Å²) in [5, 5.41) is 19.9. The molecule has 0 spiro atoms. The maximum atomic E-state index is 9.65. The lowest BCUT2D eigenvalue weighted by atomic mass is 9.94. The van der Waals surface area contributed by atoms with Crippen molar-refractivity contribution in [3.8, 4) is 5.95 Å². The van der Waals surface area contributed by atoms with Gasteiger partial charge in [-0.25, -0.2) is 4.68 Å². The van der Waals surface area contributed by atoms with Crippen LogP contribution in [-0.2, 0) is 0 Å². The molecule has 2 rings (SSSR count). The normalized spacial score (nSPS) is 11.4. The Morgan fingerprint density at radius 2 is 1.90 bits per heavy atom. The van der Waals surface area contributed by atoms with E-state index in [9.17, 15) is 5.11 Å². The Morgan fingerprint density at radius 3 is 2.43 bits per heavy atom. The van der Waals surface area contributed by atoms with Gasteiger partial charge in [-0.15, -0.1) is 0 Å². The van der Waals surface area contributed by atoms with Gasteiger partial charge in [0.1, 0.15) is 0 Å². The number of hydrogen-bond acceptors (Lipinski definition) is 7. The first-order valence-electron chi connectivity index (χ1n) is 6.99. The average molecular weight is 291 g/mol. The second kappa shape index (κ2) is 6.49. The molecule has 0 amide bonds. The number of aromatic nitrogens is 5. The maximum Gasteiger partial charge on any atom is 0.257 e. The summed E-state index contributed by atoms with van der Waals surface area (Å²) in [6, 6.07) is 1.80. The third kappa shape index (κ3) is 3.27. The minimum Gasteiger partial charge on any atom is -0.394 e. The summed E-state index contributed by atoms with van der Waals surface area (Å²) in [6.45, 7) is 4.04. The van der Waals surface area contributed by atoms with Gasteiger partial charge in [-0.1, -0.05) is 13.8 Å². The van der Waals surface area contributed by atoms with Gasteiger partial charge in [0.15, 0.2) is 0 Å². The number of nitrogens with zero attached hydrogens (tertiary/aromatic N) is 5. The first-order valence-corrected chi connectivity index (χ1v) is 6.99. The minimum atomic E-state index is -0.437. The van der Waals surface area contributed by atoms with Crippen molar-refractivity contribution in [1.82, 2.24) is 24.7 Å². The molecule has 0 bridgehead atoms. The van der Waals surface area contributed by atoms with E-state index in [1.165, 1.54) is 0 Å². The Hall–Kier alpha value is -2.22. The predicted molar refractivity (Wildman–Crippen MR) is 80.5 cm³/mol. The fourth-order valence-electron chi connectivity index (χ4n) is 1.95. The van der Waals surface area contributed by atoms with Crippen molar-refractivity contribution in [2.75, 3.05) is 24.3 Å². The van der Waals surface area contributed by atoms with Gasteiger partial charge in [-0.05, 0) is 18.9 Å². The van der Waals surface area contributed by atoms with Gasteiger partial charge in [0.2, 0.25) is 11.9 Å². The molecule has 0 saturated heterocycles. The van der Waals surface area contributed by atoms with Gasteiger partial charge in [-0.2, -0.15) is 20.1 Å². The van der Waals surface area contributed by atoms with Gasteiger partial charge in [0.05, 0.1) is 12.1 Å². The lowest BCUT2D eigenvalue weighted by Crippen LogP contribution is -2.41. The van der Waals surface area contributed by atoms with Crippen LogP contribution in [0.25, 0.3) is 5.95 Å². The van der Waals surface area contributed by atoms with Crippen molar-refractivity contribution < 1.29 is 5.11 Å². The highest BCUT2D eigenvalue weighted by atomic mass is 16.3. The zero-order valence-electron chi connectivity index (χ0n) is 12.5. The molecule has 2 aromatic rings. The lowest BCUT2D eigenvalue weighted by Gasteiger charge is -2.30. The summed E-state index contributed by atoms with van der Waals surface area (Å²) in [5.74, 6) is 1.27. The number of rotatable bonds is 7. The SMILES string of the molecule is CCC(CC)(CO)Nc1nc(NC)nc(-n2cccn2)n1. The highest BCUT2D eigenvalue weighted by Crippen LogP contribution is 2.20. The highest BCUT2D eigenvalue weighted by Gasteiger charge is 2.26. The molecule has 8 heteroatoms. The van der Waals surface area contributed by atoms with Crippen molar-refractivity contribution in [1.29, 1.82) is 0 Å². The van der Waals surface area contributed by atoms with Crippen molar-refractivity contribution in [2.45, 2.75) is 32.2 Å². The number of aliphatic hydroxyl groups excluding tert-OH is 1. The van der Waals surface area contributed by atoms with E-state index in [1.54, 1.807) is 30.2 Å². The van der Waals surface area contributed by atoms with Crippen LogP contribution in [0.1, 0.15) is 26.7 Å². The van der Waals surface area contributed by atoms with Crippen molar-refractivity contribution in [3.63, 3.8) is 0 Å². The summed E-state index contributed by atoms with van der Waals surface area (Å²) in [4.78, 5) is 12.9. The van der Waals surface area contributed by atoms with Crippen LogP contribution in [0.2, 0.25) is 0 Å². The second-order valence-corrected chi connectivity index (χ2v) is 4.75. The van der Waals surface area contributed by atoms with Gasteiger partial charge in [0, 0.05) is 19.4 Å². The van der Waals surface area contributed by atoms with Gasteiger partial charge in [0.25, 0.3) is 5.95 Å². The van der Waals surface area contributed by atoms with Gasteiger partial charge in [-0.3, -0.25) is 0 Å². The van der Waals surface area contributed by atoms with E-state index < -0.39 is 5.54 Å². The lowest BCUT2D eigenvalue weighted by molar-refractivity contribution is 0.201. The molecular weight excluding hydrogens is 270 g/mol. The monoisotopic (exact) mass is 291 g/mol. The Balaban J connectivity index is 2.37. The first kappa shape index (κ1) is 15.2. The topological polar surface area (TPSA) is 101 Å². The van der Waals surface area contributed by atoms with Crippen molar-refractivity contribution in [3.05, 3.63) is 18.5 Å². The van der Waals surface area contributed by atoms with E-state index in [0.29, 0.717) is 17.8 Å². The van der Waals surface area contributed by atoms with E-state index in [0.717, 1.165) is 12.8 Å². The minimum absolute atomic E-state index is 0.0116. The fraction of sp³-hybridized carbons (Fsp3) is 0.538. The van der Waals surface area contributed by atoms with E-state index in [4.69, 9.17) is 0 Å². The summed E-state index contributed by atoms with van der Waals surface area (Å²) in [6.07, 6.45) is 4.94. The van der Waals surface area contributed by atoms with Crippen LogP contribution in [0.15, 0.2) is 18.5 Å². The van der Waals surface area contributed by atoms with Crippen LogP contribution in [-0.4, -0.2) is 49.0 Å². The third-order valence-electron chi connectivity index (χ3n) is 3.59. The predicted octanol–water partition coefficient (Wildman–Crippen LogP) is 1.06. The molecule has 0 radical (unpaired) electrons. The summed E-state index contributed by atoms with van der Waals surface area (Å²) in [7, 11) is 1.74.